The minimum absolute atomic E-state index is 0.130. The van der Waals surface area contributed by atoms with E-state index < -0.39 is 17.5 Å². The van der Waals surface area contributed by atoms with Gasteiger partial charge < -0.3 is 10.6 Å². The zero-order chi connectivity index (χ0) is 24.3. The van der Waals surface area contributed by atoms with Crippen LogP contribution in [0.3, 0.4) is 0 Å². The molecule has 0 bridgehead atoms. The molecule has 176 valence electrons. The number of imide groups is 1. The van der Waals surface area contributed by atoms with Crippen LogP contribution in [-0.2, 0) is 15.1 Å². The minimum atomic E-state index is -1.20. The normalized spacial score (nSPS) is 19.2. The molecule has 7 heteroatoms. The summed E-state index contributed by atoms with van der Waals surface area (Å²) in [6.45, 7) is 9.80. The summed E-state index contributed by atoms with van der Waals surface area (Å²) in [4.78, 5) is 39.9. The summed E-state index contributed by atoms with van der Waals surface area (Å²) in [6.07, 6.45) is 0.355. The van der Waals surface area contributed by atoms with E-state index >= 15 is 0 Å². The van der Waals surface area contributed by atoms with Gasteiger partial charge in [0.15, 0.2) is 0 Å². The number of hydrogen-bond donors (Lipinski definition) is 2. The monoisotopic (exact) mass is 469 g/mol. The van der Waals surface area contributed by atoms with Crippen molar-refractivity contribution in [3.63, 3.8) is 0 Å². The van der Waals surface area contributed by atoms with Crippen molar-refractivity contribution in [2.45, 2.75) is 58.5 Å². The SMILES string of the molecule is CCC1(c2ccc(Cl)cc2)NC(=O)N(CC(=O)NC(c2ccc(C(C)C)cc2)C(C)C)C1=O. The fourth-order valence-electron chi connectivity index (χ4n) is 4.23. The van der Waals surface area contributed by atoms with Crippen LogP contribution in [0.25, 0.3) is 0 Å². The molecule has 0 aliphatic carbocycles. The Bertz CT molecular complexity index is 1020. The van der Waals surface area contributed by atoms with Crippen molar-refractivity contribution >= 4 is 29.4 Å². The Hall–Kier alpha value is -2.86. The third kappa shape index (κ3) is 5.06. The third-order valence-electron chi connectivity index (χ3n) is 6.29. The number of nitrogens with zero attached hydrogens (tertiary/aromatic N) is 1. The van der Waals surface area contributed by atoms with E-state index in [0.29, 0.717) is 22.9 Å². The summed E-state index contributed by atoms with van der Waals surface area (Å²) < 4.78 is 0. The molecular formula is C26H32ClN3O3. The fraction of sp³-hybridized carbons (Fsp3) is 0.423. The predicted octanol–water partition coefficient (Wildman–Crippen LogP) is 5.13. The first kappa shape index (κ1) is 24.8. The lowest BCUT2D eigenvalue weighted by atomic mass is 9.87. The van der Waals surface area contributed by atoms with Gasteiger partial charge in [-0.3, -0.25) is 14.5 Å². The van der Waals surface area contributed by atoms with E-state index in [2.05, 4.69) is 36.6 Å². The van der Waals surface area contributed by atoms with E-state index in [1.54, 1.807) is 24.3 Å². The lowest BCUT2D eigenvalue weighted by Gasteiger charge is -2.26. The average Bonchev–Trinajstić information content (AvgIpc) is 3.03. The van der Waals surface area contributed by atoms with Crippen LogP contribution in [0.4, 0.5) is 4.79 Å². The summed E-state index contributed by atoms with van der Waals surface area (Å²) in [5.41, 5.74) is 1.65. The van der Waals surface area contributed by atoms with Crippen molar-refractivity contribution in [3.05, 3.63) is 70.2 Å². The Morgan fingerprint density at radius 1 is 1.00 bits per heavy atom. The molecule has 0 saturated carbocycles. The molecule has 1 aliphatic rings. The molecule has 6 nitrogen and oxygen atoms in total. The van der Waals surface area contributed by atoms with Crippen LogP contribution in [0, 0.1) is 5.92 Å². The number of halogens is 1. The molecule has 4 amide bonds. The highest BCUT2D eigenvalue weighted by Crippen LogP contribution is 2.33. The minimum Gasteiger partial charge on any atom is -0.347 e. The quantitative estimate of drug-likeness (QED) is 0.526. The maximum absolute atomic E-state index is 13.3. The van der Waals surface area contributed by atoms with Crippen LogP contribution in [-0.4, -0.2) is 29.3 Å². The van der Waals surface area contributed by atoms with Crippen molar-refractivity contribution in [3.8, 4) is 0 Å². The van der Waals surface area contributed by atoms with Gasteiger partial charge in [-0.2, -0.15) is 0 Å². The first-order valence-corrected chi connectivity index (χ1v) is 11.8. The van der Waals surface area contributed by atoms with E-state index in [4.69, 9.17) is 11.6 Å². The maximum Gasteiger partial charge on any atom is 0.325 e. The summed E-state index contributed by atoms with van der Waals surface area (Å²) in [7, 11) is 0. The van der Waals surface area contributed by atoms with Gasteiger partial charge in [-0.05, 0) is 47.1 Å². The second kappa shape index (κ2) is 9.96. The lowest BCUT2D eigenvalue weighted by Crippen LogP contribution is -2.45. The van der Waals surface area contributed by atoms with Gasteiger partial charge in [-0.1, -0.05) is 82.6 Å². The highest BCUT2D eigenvalue weighted by Gasteiger charge is 2.51. The van der Waals surface area contributed by atoms with Gasteiger partial charge in [-0.15, -0.1) is 0 Å². The van der Waals surface area contributed by atoms with Crippen molar-refractivity contribution < 1.29 is 14.4 Å². The fourth-order valence-corrected chi connectivity index (χ4v) is 4.36. The summed E-state index contributed by atoms with van der Waals surface area (Å²) in [5.74, 6) is -0.265. The molecule has 2 aromatic carbocycles. The number of hydrogen-bond acceptors (Lipinski definition) is 3. The Balaban J connectivity index is 1.76. The van der Waals surface area contributed by atoms with E-state index in [0.717, 1.165) is 10.5 Å². The van der Waals surface area contributed by atoms with Gasteiger partial charge in [0.2, 0.25) is 5.91 Å². The predicted molar refractivity (Wildman–Crippen MR) is 130 cm³/mol. The van der Waals surface area contributed by atoms with E-state index in [1.165, 1.54) is 5.56 Å². The van der Waals surface area contributed by atoms with Crippen molar-refractivity contribution in [1.82, 2.24) is 15.5 Å². The second-order valence-corrected chi connectivity index (χ2v) is 9.63. The summed E-state index contributed by atoms with van der Waals surface area (Å²) in [5, 5.41) is 6.35. The highest BCUT2D eigenvalue weighted by atomic mass is 35.5. The zero-order valence-corrected chi connectivity index (χ0v) is 20.6. The standard InChI is InChI=1S/C26H32ClN3O3/c1-6-26(20-11-13-21(27)14-12-20)24(32)30(25(33)29-26)15-22(31)28-23(17(4)5)19-9-7-18(8-10-19)16(2)3/h7-14,16-17,23H,6,15H2,1-5H3,(H,28,31)(H,29,33). The van der Waals surface area contributed by atoms with Gasteiger partial charge in [0.25, 0.3) is 5.91 Å². The van der Waals surface area contributed by atoms with Crippen LogP contribution >= 0.6 is 11.6 Å². The molecule has 2 atom stereocenters. The van der Waals surface area contributed by atoms with Crippen molar-refractivity contribution in [2.24, 2.45) is 5.92 Å². The first-order valence-electron chi connectivity index (χ1n) is 11.4. The highest BCUT2D eigenvalue weighted by molar-refractivity contribution is 6.30. The van der Waals surface area contributed by atoms with Gasteiger partial charge in [0, 0.05) is 5.02 Å². The molecule has 2 N–H and O–H groups in total. The molecule has 1 heterocycles. The molecule has 1 saturated heterocycles. The molecule has 0 radical (unpaired) electrons. The number of rotatable bonds is 8. The van der Waals surface area contributed by atoms with E-state index in [-0.39, 0.29) is 24.4 Å². The van der Waals surface area contributed by atoms with Crippen LogP contribution < -0.4 is 10.6 Å². The van der Waals surface area contributed by atoms with Gasteiger partial charge in [-0.25, -0.2) is 4.79 Å². The topological polar surface area (TPSA) is 78.5 Å². The number of carbonyl (C=O) groups excluding carboxylic acids is 3. The molecular weight excluding hydrogens is 438 g/mol. The second-order valence-electron chi connectivity index (χ2n) is 9.20. The lowest BCUT2D eigenvalue weighted by molar-refractivity contribution is -0.135. The Morgan fingerprint density at radius 3 is 2.09 bits per heavy atom. The number of benzene rings is 2. The Morgan fingerprint density at radius 2 is 1.58 bits per heavy atom. The summed E-state index contributed by atoms with van der Waals surface area (Å²) in [6, 6.07) is 14.2. The molecule has 1 fully saturated rings. The van der Waals surface area contributed by atoms with E-state index in [1.807, 2.05) is 32.9 Å². The molecule has 0 spiro atoms. The smallest absolute Gasteiger partial charge is 0.325 e. The molecule has 3 rings (SSSR count). The molecule has 2 aromatic rings. The van der Waals surface area contributed by atoms with Crippen LogP contribution in [0.5, 0.6) is 0 Å². The van der Waals surface area contributed by atoms with Crippen molar-refractivity contribution in [2.75, 3.05) is 6.54 Å². The van der Waals surface area contributed by atoms with Crippen molar-refractivity contribution in [1.29, 1.82) is 0 Å². The number of amides is 4. The van der Waals surface area contributed by atoms with Crippen LogP contribution in [0.1, 0.15) is 69.7 Å². The van der Waals surface area contributed by atoms with Crippen LogP contribution in [0.2, 0.25) is 5.02 Å². The van der Waals surface area contributed by atoms with E-state index in [9.17, 15) is 14.4 Å². The Kier molecular flexibility index (Phi) is 7.48. The Labute approximate surface area is 200 Å². The average molecular weight is 470 g/mol. The molecule has 0 aromatic heterocycles. The third-order valence-corrected chi connectivity index (χ3v) is 6.54. The van der Waals surface area contributed by atoms with Crippen LogP contribution in [0.15, 0.2) is 48.5 Å². The van der Waals surface area contributed by atoms with Gasteiger partial charge in [0.05, 0.1) is 6.04 Å². The maximum atomic E-state index is 13.3. The molecule has 2 unspecified atom stereocenters. The molecule has 1 aliphatic heterocycles. The van der Waals surface area contributed by atoms with Gasteiger partial charge >= 0.3 is 6.03 Å². The molecule has 33 heavy (non-hydrogen) atoms. The zero-order valence-electron chi connectivity index (χ0n) is 19.8. The first-order chi connectivity index (χ1) is 15.6. The number of urea groups is 1. The van der Waals surface area contributed by atoms with Gasteiger partial charge in [0.1, 0.15) is 12.1 Å². The number of nitrogens with one attached hydrogen (secondary N) is 2. The summed E-state index contributed by atoms with van der Waals surface area (Å²) >= 11 is 5.98. The largest absolute Gasteiger partial charge is 0.347 e. The number of carbonyl (C=O) groups is 3.